The first-order chi connectivity index (χ1) is 12.8. The van der Waals surface area contributed by atoms with Gasteiger partial charge in [0.2, 0.25) is 11.8 Å². The van der Waals surface area contributed by atoms with Gasteiger partial charge in [-0.2, -0.15) is 0 Å². The zero-order valence-corrected chi connectivity index (χ0v) is 17.3. The molecule has 1 atom stereocenters. The lowest BCUT2D eigenvalue weighted by molar-refractivity contribution is -0.135. The predicted molar refractivity (Wildman–Crippen MR) is 107 cm³/mol. The molecule has 154 valence electrons. The average Bonchev–Trinajstić information content (AvgIpc) is 3.18. The van der Waals surface area contributed by atoms with E-state index < -0.39 is 5.41 Å². The van der Waals surface area contributed by atoms with Gasteiger partial charge in [-0.25, -0.2) is 0 Å². The summed E-state index contributed by atoms with van der Waals surface area (Å²) in [6, 6.07) is -0.0708. The van der Waals surface area contributed by atoms with E-state index in [-0.39, 0.29) is 17.9 Å². The van der Waals surface area contributed by atoms with Crippen LogP contribution >= 0.6 is 0 Å². The standard InChI is InChI=1S/C19H36N6O2/c1-5-21-18(22-14-19(3,4)17(20)27)25-12-10-23(11-13-25)15(2)16(26)24-8-6-7-9-24/h15H,5-14H2,1-4H3,(H2,20,27)(H,21,22). The molecule has 3 N–H and O–H groups in total. The van der Waals surface area contributed by atoms with E-state index in [1.54, 1.807) is 0 Å². The molecule has 8 heteroatoms. The Morgan fingerprint density at radius 1 is 1.07 bits per heavy atom. The Kier molecular flexibility index (Phi) is 7.47. The molecule has 0 aromatic carbocycles. The van der Waals surface area contributed by atoms with Crippen molar-refractivity contribution in [2.24, 2.45) is 16.1 Å². The lowest BCUT2D eigenvalue weighted by Crippen LogP contribution is -2.57. The van der Waals surface area contributed by atoms with Crippen molar-refractivity contribution in [2.45, 2.75) is 46.6 Å². The molecule has 2 fully saturated rings. The van der Waals surface area contributed by atoms with E-state index in [4.69, 9.17) is 5.73 Å². The van der Waals surface area contributed by atoms with Gasteiger partial charge in [0, 0.05) is 45.8 Å². The van der Waals surface area contributed by atoms with Gasteiger partial charge in [0.25, 0.3) is 0 Å². The number of likely N-dealkylation sites (tertiary alicyclic amines) is 1. The Hall–Kier alpha value is -1.83. The Bertz CT molecular complexity index is 548. The number of carbonyl (C=O) groups is 2. The van der Waals surface area contributed by atoms with Crippen LogP contribution in [0.4, 0.5) is 0 Å². The molecule has 2 saturated heterocycles. The van der Waals surface area contributed by atoms with Gasteiger partial charge >= 0.3 is 0 Å². The first-order valence-electron chi connectivity index (χ1n) is 10.1. The minimum atomic E-state index is -0.668. The maximum atomic E-state index is 12.6. The molecule has 1 unspecified atom stereocenters. The molecular weight excluding hydrogens is 344 g/mol. The van der Waals surface area contributed by atoms with Gasteiger partial charge in [0.15, 0.2) is 5.96 Å². The predicted octanol–water partition coefficient (Wildman–Crippen LogP) is 0.0919. The van der Waals surface area contributed by atoms with E-state index in [2.05, 4.69) is 20.1 Å². The van der Waals surface area contributed by atoms with Gasteiger partial charge in [-0.1, -0.05) is 0 Å². The highest BCUT2D eigenvalue weighted by Gasteiger charge is 2.31. The summed E-state index contributed by atoms with van der Waals surface area (Å²) in [5.41, 5.74) is 4.79. The number of guanidine groups is 1. The third kappa shape index (κ3) is 5.57. The number of primary amides is 1. The van der Waals surface area contributed by atoms with Crippen LogP contribution in [0.5, 0.6) is 0 Å². The molecule has 2 rings (SSSR count). The summed E-state index contributed by atoms with van der Waals surface area (Å²) < 4.78 is 0. The van der Waals surface area contributed by atoms with Gasteiger partial charge < -0.3 is 20.9 Å². The number of hydrogen-bond acceptors (Lipinski definition) is 4. The lowest BCUT2D eigenvalue weighted by Gasteiger charge is -2.39. The highest BCUT2D eigenvalue weighted by Crippen LogP contribution is 2.16. The summed E-state index contributed by atoms with van der Waals surface area (Å²) in [5, 5.41) is 3.31. The third-order valence-electron chi connectivity index (χ3n) is 5.56. The quantitative estimate of drug-likeness (QED) is 0.503. The second-order valence-electron chi connectivity index (χ2n) is 8.15. The fraction of sp³-hybridized carbons (Fsp3) is 0.842. The van der Waals surface area contributed by atoms with Crippen molar-refractivity contribution in [3.8, 4) is 0 Å². The highest BCUT2D eigenvalue weighted by molar-refractivity contribution is 5.83. The monoisotopic (exact) mass is 380 g/mol. The minimum Gasteiger partial charge on any atom is -0.369 e. The van der Waals surface area contributed by atoms with Crippen molar-refractivity contribution in [1.29, 1.82) is 0 Å². The molecule has 0 aromatic heterocycles. The smallest absolute Gasteiger partial charge is 0.239 e. The molecule has 2 aliphatic rings. The molecule has 0 spiro atoms. The van der Waals surface area contributed by atoms with Crippen molar-refractivity contribution >= 4 is 17.8 Å². The third-order valence-corrected chi connectivity index (χ3v) is 5.56. The van der Waals surface area contributed by atoms with Crippen LogP contribution in [0.2, 0.25) is 0 Å². The van der Waals surface area contributed by atoms with Crippen LogP contribution in [-0.4, -0.2) is 90.9 Å². The second-order valence-corrected chi connectivity index (χ2v) is 8.15. The molecular formula is C19H36N6O2. The topological polar surface area (TPSA) is 94.3 Å². The maximum absolute atomic E-state index is 12.6. The Labute approximate surface area is 163 Å². The molecule has 0 aromatic rings. The SMILES string of the molecule is CCNC(=NCC(C)(C)C(N)=O)N1CCN(C(C)C(=O)N2CCCC2)CC1. The molecule has 2 aliphatic heterocycles. The fourth-order valence-electron chi connectivity index (χ4n) is 3.46. The van der Waals surface area contributed by atoms with Crippen LogP contribution in [0, 0.1) is 5.41 Å². The Balaban J connectivity index is 1.92. The summed E-state index contributed by atoms with van der Waals surface area (Å²) in [6.45, 7) is 13.8. The number of nitrogens with two attached hydrogens (primary N) is 1. The number of nitrogens with one attached hydrogen (secondary N) is 1. The van der Waals surface area contributed by atoms with Crippen LogP contribution in [0.1, 0.15) is 40.5 Å². The van der Waals surface area contributed by atoms with E-state index in [9.17, 15) is 9.59 Å². The van der Waals surface area contributed by atoms with Crippen molar-refractivity contribution in [3.63, 3.8) is 0 Å². The van der Waals surface area contributed by atoms with Gasteiger partial charge in [0.05, 0.1) is 18.0 Å². The molecule has 0 saturated carbocycles. The van der Waals surface area contributed by atoms with Crippen LogP contribution in [-0.2, 0) is 9.59 Å². The van der Waals surface area contributed by atoms with Gasteiger partial charge in [-0.05, 0) is 40.5 Å². The zero-order valence-electron chi connectivity index (χ0n) is 17.3. The van der Waals surface area contributed by atoms with Crippen molar-refractivity contribution in [3.05, 3.63) is 0 Å². The number of piperazine rings is 1. The van der Waals surface area contributed by atoms with E-state index >= 15 is 0 Å². The Morgan fingerprint density at radius 2 is 1.67 bits per heavy atom. The van der Waals surface area contributed by atoms with E-state index in [1.165, 1.54) is 0 Å². The van der Waals surface area contributed by atoms with Gasteiger partial charge in [0.1, 0.15) is 0 Å². The summed E-state index contributed by atoms with van der Waals surface area (Å²) in [6.07, 6.45) is 2.24. The number of rotatable bonds is 6. The zero-order chi connectivity index (χ0) is 20.0. The number of hydrogen-bond donors (Lipinski definition) is 2. The summed E-state index contributed by atoms with van der Waals surface area (Å²) in [4.78, 5) is 35.3. The molecule has 0 aliphatic carbocycles. The summed E-state index contributed by atoms with van der Waals surface area (Å²) in [5.74, 6) is 0.718. The Morgan fingerprint density at radius 3 is 2.19 bits per heavy atom. The largest absolute Gasteiger partial charge is 0.369 e. The van der Waals surface area contributed by atoms with Crippen LogP contribution in [0.3, 0.4) is 0 Å². The van der Waals surface area contributed by atoms with Gasteiger partial charge in [-0.15, -0.1) is 0 Å². The van der Waals surface area contributed by atoms with Crippen LogP contribution in [0.25, 0.3) is 0 Å². The molecule has 0 bridgehead atoms. The van der Waals surface area contributed by atoms with E-state index in [1.807, 2.05) is 32.6 Å². The highest BCUT2D eigenvalue weighted by atomic mass is 16.2. The normalized spacial score (nSPS) is 20.7. The van der Waals surface area contributed by atoms with E-state index in [0.29, 0.717) is 6.54 Å². The number of amides is 2. The van der Waals surface area contributed by atoms with Crippen molar-refractivity contribution in [2.75, 3.05) is 52.4 Å². The molecule has 8 nitrogen and oxygen atoms in total. The van der Waals surface area contributed by atoms with Gasteiger partial charge in [-0.3, -0.25) is 19.5 Å². The first-order valence-corrected chi connectivity index (χ1v) is 10.1. The minimum absolute atomic E-state index is 0.0708. The second kappa shape index (κ2) is 9.39. The van der Waals surface area contributed by atoms with Crippen molar-refractivity contribution in [1.82, 2.24) is 20.0 Å². The summed E-state index contributed by atoms with van der Waals surface area (Å²) in [7, 11) is 0. The number of aliphatic imine (C=N–C) groups is 1. The molecule has 0 radical (unpaired) electrons. The van der Waals surface area contributed by atoms with E-state index in [0.717, 1.165) is 64.6 Å². The van der Waals surface area contributed by atoms with Crippen LogP contribution < -0.4 is 11.1 Å². The summed E-state index contributed by atoms with van der Waals surface area (Å²) >= 11 is 0. The van der Waals surface area contributed by atoms with Crippen molar-refractivity contribution < 1.29 is 9.59 Å². The maximum Gasteiger partial charge on any atom is 0.239 e. The molecule has 2 amide bonds. The number of carbonyl (C=O) groups excluding carboxylic acids is 2. The molecule has 2 heterocycles. The van der Waals surface area contributed by atoms with Crippen LogP contribution in [0.15, 0.2) is 4.99 Å². The average molecular weight is 381 g/mol. The first kappa shape index (κ1) is 21.5. The molecule has 27 heavy (non-hydrogen) atoms. The fourth-order valence-corrected chi connectivity index (χ4v) is 3.46. The lowest BCUT2D eigenvalue weighted by atomic mass is 9.93. The number of nitrogens with zero attached hydrogens (tertiary/aromatic N) is 4.